The van der Waals surface area contributed by atoms with Crippen molar-refractivity contribution in [1.82, 2.24) is 0 Å². The molecule has 1 aromatic heterocycles. The molecular weight excluding hydrogens is 336 g/mol. The molecule has 0 saturated carbocycles. The minimum atomic E-state index is -0.191. The number of fused-ring (bicyclic) bond motifs is 1. The number of carbonyl (C=O) groups is 2. The van der Waals surface area contributed by atoms with Gasteiger partial charge in [0.2, 0.25) is 5.91 Å². The summed E-state index contributed by atoms with van der Waals surface area (Å²) >= 11 is 1.52. The monoisotopic (exact) mass is 358 g/mol. The molecule has 2 N–H and O–H groups in total. The lowest BCUT2D eigenvalue weighted by atomic mass is 9.88. The van der Waals surface area contributed by atoms with E-state index in [9.17, 15) is 9.59 Å². The van der Waals surface area contributed by atoms with Gasteiger partial charge in [0.1, 0.15) is 10.8 Å². The maximum Gasteiger partial charge on any atom is 0.258 e. The molecular formula is C19H22N2O3S. The first-order valence-electron chi connectivity index (χ1n) is 8.35. The molecule has 1 aliphatic carbocycles. The van der Waals surface area contributed by atoms with E-state index < -0.39 is 0 Å². The molecule has 0 radical (unpaired) electrons. The first kappa shape index (κ1) is 17.5. The molecule has 0 bridgehead atoms. The Morgan fingerprint density at radius 3 is 2.80 bits per heavy atom. The SMILES string of the molecule is COc1cccc(NC(=O)c2c(NC(C)=O)sc3c2CCC(C)C3)c1. The van der Waals surface area contributed by atoms with E-state index in [4.69, 9.17) is 4.74 Å². The number of hydrogen-bond acceptors (Lipinski definition) is 4. The van der Waals surface area contributed by atoms with Crippen LogP contribution < -0.4 is 15.4 Å². The number of carbonyl (C=O) groups excluding carboxylic acids is 2. The first-order chi connectivity index (χ1) is 12.0. The van der Waals surface area contributed by atoms with Crippen molar-refractivity contribution < 1.29 is 14.3 Å². The summed E-state index contributed by atoms with van der Waals surface area (Å²) in [5, 5.41) is 6.40. The predicted molar refractivity (Wildman–Crippen MR) is 101 cm³/mol. The molecule has 1 atom stereocenters. The van der Waals surface area contributed by atoms with Crippen LogP contribution in [0.5, 0.6) is 5.75 Å². The van der Waals surface area contributed by atoms with Gasteiger partial charge in [-0.15, -0.1) is 11.3 Å². The lowest BCUT2D eigenvalue weighted by molar-refractivity contribution is -0.114. The van der Waals surface area contributed by atoms with E-state index in [1.54, 1.807) is 13.2 Å². The standard InChI is InChI=1S/C19H22N2O3S/c1-11-7-8-15-16(9-11)25-19(20-12(2)22)17(15)18(23)21-13-5-4-6-14(10-13)24-3/h4-6,10-11H,7-9H2,1-3H3,(H,20,22)(H,21,23). The quantitative estimate of drug-likeness (QED) is 0.865. The number of anilines is 2. The Hall–Kier alpha value is -2.34. The van der Waals surface area contributed by atoms with Crippen molar-refractivity contribution >= 4 is 33.8 Å². The third-order valence-electron chi connectivity index (χ3n) is 4.36. The molecule has 1 aliphatic rings. The Morgan fingerprint density at radius 1 is 1.28 bits per heavy atom. The van der Waals surface area contributed by atoms with Gasteiger partial charge in [-0.25, -0.2) is 0 Å². The van der Waals surface area contributed by atoms with Gasteiger partial charge in [-0.3, -0.25) is 9.59 Å². The fourth-order valence-corrected chi connectivity index (χ4v) is 4.59. The third-order valence-corrected chi connectivity index (χ3v) is 5.53. The number of nitrogens with one attached hydrogen (secondary N) is 2. The minimum Gasteiger partial charge on any atom is -0.497 e. The Morgan fingerprint density at radius 2 is 2.08 bits per heavy atom. The van der Waals surface area contributed by atoms with Crippen LogP contribution in [0.1, 0.15) is 41.1 Å². The zero-order chi connectivity index (χ0) is 18.0. The van der Waals surface area contributed by atoms with Gasteiger partial charge >= 0.3 is 0 Å². The van der Waals surface area contributed by atoms with Crippen LogP contribution in [0.4, 0.5) is 10.7 Å². The number of thiophene rings is 1. The van der Waals surface area contributed by atoms with Crippen molar-refractivity contribution in [2.45, 2.75) is 33.1 Å². The van der Waals surface area contributed by atoms with Gasteiger partial charge in [0.15, 0.2) is 0 Å². The Labute approximate surface area is 151 Å². The van der Waals surface area contributed by atoms with Crippen molar-refractivity contribution in [1.29, 1.82) is 0 Å². The summed E-state index contributed by atoms with van der Waals surface area (Å²) in [4.78, 5) is 25.7. The van der Waals surface area contributed by atoms with Crippen LogP contribution in [0.15, 0.2) is 24.3 Å². The largest absolute Gasteiger partial charge is 0.497 e. The highest BCUT2D eigenvalue weighted by atomic mass is 32.1. The fourth-order valence-electron chi connectivity index (χ4n) is 3.13. The molecule has 3 rings (SSSR count). The van der Waals surface area contributed by atoms with Crippen molar-refractivity contribution in [2.24, 2.45) is 5.92 Å². The number of ether oxygens (including phenoxy) is 1. The summed E-state index contributed by atoms with van der Waals surface area (Å²) in [6.07, 6.45) is 2.88. The van der Waals surface area contributed by atoms with Crippen LogP contribution in [-0.4, -0.2) is 18.9 Å². The number of hydrogen-bond donors (Lipinski definition) is 2. The molecule has 5 nitrogen and oxygen atoms in total. The Bertz CT molecular complexity index is 813. The Balaban J connectivity index is 1.93. The second kappa shape index (κ2) is 7.27. The van der Waals surface area contributed by atoms with E-state index in [0.29, 0.717) is 27.9 Å². The molecule has 132 valence electrons. The summed E-state index contributed by atoms with van der Waals surface area (Å²) in [6.45, 7) is 3.68. The van der Waals surface area contributed by atoms with E-state index in [1.807, 2.05) is 18.2 Å². The minimum absolute atomic E-state index is 0.165. The summed E-state index contributed by atoms with van der Waals surface area (Å²) in [5.74, 6) is 0.929. The topological polar surface area (TPSA) is 67.4 Å². The maximum atomic E-state index is 12.9. The molecule has 25 heavy (non-hydrogen) atoms. The fraction of sp³-hybridized carbons (Fsp3) is 0.368. The summed E-state index contributed by atoms with van der Waals surface area (Å²) in [6, 6.07) is 7.25. The number of amides is 2. The average Bonchev–Trinajstić information content (AvgIpc) is 2.91. The zero-order valence-electron chi connectivity index (χ0n) is 14.6. The molecule has 1 aromatic carbocycles. The van der Waals surface area contributed by atoms with E-state index in [1.165, 1.54) is 23.1 Å². The van der Waals surface area contributed by atoms with Gasteiger partial charge in [-0.1, -0.05) is 13.0 Å². The molecule has 2 amide bonds. The van der Waals surface area contributed by atoms with E-state index in [2.05, 4.69) is 17.6 Å². The van der Waals surface area contributed by atoms with Crippen molar-refractivity contribution in [3.8, 4) is 5.75 Å². The second-order valence-electron chi connectivity index (χ2n) is 6.42. The number of benzene rings is 1. The van der Waals surface area contributed by atoms with Gasteiger partial charge in [-0.05, 0) is 42.9 Å². The van der Waals surface area contributed by atoms with Crippen molar-refractivity contribution in [3.05, 3.63) is 40.3 Å². The van der Waals surface area contributed by atoms with Crippen molar-refractivity contribution in [3.63, 3.8) is 0 Å². The lowest BCUT2D eigenvalue weighted by Crippen LogP contribution is -2.18. The van der Waals surface area contributed by atoms with E-state index in [-0.39, 0.29) is 11.8 Å². The lowest BCUT2D eigenvalue weighted by Gasteiger charge is -2.18. The highest BCUT2D eigenvalue weighted by Gasteiger charge is 2.28. The van der Waals surface area contributed by atoms with E-state index in [0.717, 1.165) is 24.8 Å². The van der Waals surface area contributed by atoms with Gasteiger partial charge < -0.3 is 15.4 Å². The van der Waals surface area contributed by atoms with Crippen LogP contribution in [0.3, 0.4) is 0 Å². The molecule has 0 fully saturated rings. The molecule has 1 heterocycles. The molecule has 6 heteroatoms. The van der Waals surface area contributed by atoms with Crippen LogP contribution in [0.2, 0.25) is 0 Å². The smallest absolute Gasteiger partial charge is 0.258 e. The average molecular weight is 358 g/mol. The molecule has 0 spiro atoms. The van der Waals surface area contributed by atoms with Crippen LogP contribution in [0, 0.1) is 5.92 Å². The summed E-state index contributed by atoms with van der Waals surface area (Å²) < 4.78 is 5.20. The number of rotatable bonds is 4. The van der Waals surface area contributed by atoms with E-state index >= 15 is 0 Å². The van der Waals surface area contributed by atoms with Gasteiger partial charge in [0.25, 0.3) is 5.91 Å². The first-order valence-corrected chi connectivity index (χ1v) is 9.17. The maximum absolute atomic E-state index is 12.9. The normalized spacial score (nSPS) is 16.0. The van der Waals surface area contributed by atoms with Crippen LogP contribution in [0.25, 0.3) is 0 Å². The van der Waals surface area contributed by atoms with Gasteiger partial charge in [-0.2, -0.15) is 0 Å². The highest BCUT2D eigenvalue weighted by molar-refractivity contribution is 7.17. The molecule has 0 aliphatic heterocycles. The van der Waals surface area contributed by atoms with Gasteiger partial charge in [0.05, 0.1) is 12.7 Å². The Kier molecular flexibility index (Phi) is 5.08. The van der Waals surface area contributed by atoms with Crippen LogP contribution >= 0.6 is 11.3 Å². The molecule has 1 unspecified atom stereocenters. The highest BCUT2D eigenvalue weighted by Crippen LogP contribution is 2.40. The second-order valence-corrected chi connectivity index (χ2v) is 7.53. The summed E-state index contributed by atoms with van der Waals surface area (Å²) in [5.41, 5.74) is 2.35. The van der Waals surface area contributed by atoms with Crippen LogP contribution in [-0.2, 0) is 17.6 Å². The molecule has 0 saturated heterocycles. The van der Waals surface area contributed by atoms with Gasteiger partial charge in [0, 0.05) is 23.6 Å². The third kappa shape index (κ3) is 3.85. The number of methoxy groups -OCH3 is 1. The van der Waals surface area contributed by atoms with Crippen molar-refractivity contribution in [2.75, 3.05) is 17.7 Å². The predicted octanol–water partition coefficient (Wildman–Crippen LogP) is 4.09. The summed E-state index contributed by atoms with van der Waals surface area (Å²) in [7, 11) is 1.59. The zero-order valence-corrected chi connectivity index (χ0v) is 15.5. The molecule has 2 aromatic rings.